The van der Waals surface area contributed by atoms with Crippen molar-refractivity contribution in [3.8, 4) is 0 Å². The van der Waals surface area contributed by atoms with Gasteiger partial charge in [0, 0.05) is 18.7 Å². The molecule has 0 spiro atoms. The molecule has 114 valence electrons. The minimum atomic E-state index is -0.891. The van der Waals surface area contributed by atoms with Gasteiger partial charge in [-0.25, -0.2) is 4.39 Å². The average molecular weight is 314 g/mol. The molecule has 1 atom stereocenters. The van der Waals surface area contributed by atoms with Gasteiger partial charge in [0.2, 0.25) is 0 Å². The van der Waals surface area contributed by atoms with E-state index >= 15 is 0 Å². The number of nitrogens with zero attached hydrogens (tertiary/aromatic N) is 1. The molecule has 21 heavy (non-hydrogen) atoms. The fourth-order valence-corrected chi connectivity index (χ4v) is 2.91. The van der Waals surface area contributed by atoms with E-state index in [1.807, 2.05) is 6.92 Å². The molecule has 1 heterocycles. The van der Waals surface area contributed by atoms with Crippen molar-refractivity contribution in [2.75, 3.05) is 13.1 Å². The fourth-order valence-electron chi connectivity index (χ4n) is 2.73. The molecule has 1 aromatic carbocycles. The number of amides is 1. The van der Waals surface area contributed by atoms with E-state index in [4.69, 9.17) is 11.6 Å². The predicted octanol–water partition coefficient (Wildman–Crippen LogP) is 3.20. The van der Waals surface area contributed by atoms with Gasteiger partial charge >= 0.3 is 5.97 Å². The van der Waals surface area contributed by atoms with Gasteiger partial charge in [0.1, 0.15) is 5.82 Å². The van der Waals surface area contributed by atoms with Crippen molar-refractivity contribution in [3.05, 3.63) is 34.6 Å². The predicted molar refractivity (Wildman–Crippen MR) is 76.9 cm³/mol. The summed E-state index contributed by atoms with van der Waals surface area (Å²) >= 11 is 5.69. The molecule has 6 heteroatoms. The number of likely N-dealkylation sites (tertiary alicyclic amines) is 1. The SMILES string of the molecule is CCC1(C(=O)O)CCCN(C(=O)c2ccc(F)c(Cl)c2)C1. The van der Waals surface area contributed by atoms with Crippen LogP contribution in [-0.2, 0) is 4.79 Å². The van der Waals surface area contributed by atoms with Gasteiger partial charge in [0.05, 0.1) is 10.4 Å². The number of carbonyl (C=O) groups is 2. The Hall–Kier alpha value is -1.62. The van der Waals surface area contributed by atoms with Gasteiger partial charge in [-0.2, -0.15) is 0 Å². The highest BCUT2D eigenvalue weighted by Gasteiger charge is 2.42. The number of piperidine rings is 1. The maximum Gasteiger partial charge on any atom is 0.311 e. The summed E-state index contributed by atoms with van der Waals surface area (Å²) in [5.74, 6) is -1.77. The Morgan fingerprint density at radius 1 is 1.48 bits per heavy atom. The molecule has 4 nitrogen and oxygen atoms in total. The smallest absolute Gasteiger partial charge is 0.311 e. The van der Waals surface area contributed by atoms with Crippen LogP contribution in [0, 0.1) is 11.2 Å². The van der Waals surface area contributed by atoms with Crippen molar-refractivity contribution >= 4 is 23.5 Å². The third-order valence-electron chi connectivity index (χ3n) is 4.16. The molecule has 1 aliphatic rings. The Morgan fingerprint density at radius 3 is 2.76 bits per heavy atom. The number of benzene rings is 1. The van der Waals surface area contributed by atoms with Crippen LogP contribution in [0.2, 0.25) is 5.02 Å². The monoisotopic (exact) mass is 313 g/mol. The van der Waals surface area contributed by atoms with Crippen molar-refractivity contribution in [3.63, 3.8) is 0 Å². The summed E-state index contributed by atoms with van der Waals surface area (Å²) in [7, 11) is 0. The minimum Gasteiger partial charge on any atom is -0.481 e. The Morgan fingerprint density at radius 2 is 2.19 bits per heavy atom. The summed E-state index contributed by atoms with van der Waals surface area (Å²) in [6.07, 6.45) is 1.67. The first-order valence-corrected chi connectivity index (χ1v) is 7.25. The molecule has 0 aromatic heterocycles. The standard InChI is InChI=1S/C15H17ClFNO3/c1-2-15(14(20)21)6-3-7-18(9-15)13(19)10-4-5-12(17)11(16)8-10/h4-5,8H,2-3,6-7,9H2,1H3,(H,20,21). The second-order valence-corrected chi connectivity index (χ2v) is 5.81. The van der Waals surface area contributed by atoms with Crippen molar-refractivity contribution in [2.24, 2.45) is 5.41 Å². The Labute approximate surface area is 127 Å². The van der Waals surface area contributed by atoms with Gasteiger partial charge in [-0.15, -0.1) is 0 Å². The number of aliphatic carboxylic acids is 1. The van der Waals surface area contributed by atoms with E-state index in [1.54, 1.807) is 0 Å². The van der Waals surface area contributed by atoms with Crippen molar-refractivity contribution in [2.45, 2.75) is 26.2 Å². The van der Waals surface area contributed by atoms with Crippen LogP contribution in [0.1, 0.15) is 36.5 Å². The molecule has 0 bridgehead atoms. The van der Waals surface area contributed by atoms with E-state index in [2.05, 4.69) is 0 Å². The molecule has 0 saturated carbocycles. The zero-order valence-corrected chi connectivity index (χ0v) is 12.5. The lowest BCUT2D eigenvalue weighted by Crippen LogP contribution is -2.49. The van der Waals surface area contributed by atoms with Gasteiger partial charge in [-0.3, -0.25) is 9.59 Å². The van der Waals surface area contributed by atoms with Crippen molar-refractivity contribution < 1.29 is 19.1 Å². The number of carboxylic acid groups (broad SMARTS) is 1. The van der Waals surface area contributed by atoms with E-state index in [9.17, 15) is 19.1 Å². The maximum absolute atomic E-state index is 13.2. The van der Waals surface area contributed by atoms with Crippen molar-refractivity contribution in [1.82, 2.24) is 4.90 Å². The number of hydrogen-bond donors (Lipinski definition) is 1. The molecule has 1 saturated heterocycles. The van der Waals surface area contributed by atoms with Crippen LogP contribution < -0.4 is 0 Å². The van der Waals surface area contributed by atoms with E-state index < -0.39 is 17.2 Å². The highest BCUT2D eigenvalue weighted by atomic mass is 35.5. The van der Waals surface area contributed by atoms with Crippen LogP contribution >= 0.6 is 11.6 Å². The normalized spacial score (nSPS) is 22.1. The van der Waals surface area contributed by atoms with Crippen LogP contribution in [-0.4, -0.2) is 35.0 Å². The number of halogens is 2. The van der Waals surface area contributed by atoms with Gasteiger partial charge in [-0.05, 0) is 37.5 Å². The molecule has 0 radical (unpaired) electrons. The summed E-state index contributed by atoms with van der Waals surface area (Å²) in [4.78, 5) is 25.5. The second-order valence-electron chi connectivity index (χ2n) is 5.40. The van der Waals surface area contributed by atoms with Crippen LogP contribution in [0.5, 0.6) is 0 Å². The van der Waals surface area contributed by atoms with Crippen LogP contribution in [0.25, 0.3) is 0 Å². The third kappa shape index (κ3) is 3.02. The number of rotatable bonds is 3. The molecular weight excluding hydrogens is 297 g/mol. The number of carboxylic acids is 1. The zero-order chi connectivity index (χ0) is 15.6. The van der Waals surface area contributed by atoms with Crippen LogP contribution in [0.15, 0.2) is 18.2 Å². The first-order chi connectivity index (χ1) is 9.89. The minimum absolute atomic E-state index is 0.113. The van der Waals surface area contributed by atoms with Gasteiger partial charge in [0.25, 0.3) is 5.91 Å². The number of hydrogen-bond acceptors (Lipinski definition) is 2. The molecule has 0 aliphatic carbocycles. The first kappa shape index (κ1) is 15.8. The zero-order valence-electron chi connectivity index (χ0n) is 11.7. The van der Waals surface area contributed by atoms with Gasteiger partial charge in [-0.1, -0.05) is 18.5 Å². The largest absolute Gasteiger partial charge is 0.481 e. The summed E-state index contributed by atoms with van der Waals surface area (Å²) in [6, 6.07) is 3.79. The maximum atomic E-state index is 13.2. The summed E-state index contributed by atoms with van der Waals surface area (Å²) in [6.45, 7) is 2.49. The summed E-state index contributed by atoms with van der Waals surface area (Å²) in [5.41, 5.74) is -0.615. The van der Waals surface area contributed by atoms with E-state index in [0.717, 1.165) is 6.07 Å². The quantitative estimate of drug-likeness (QED) is 0.932. The lowest BCUT2D eigenvalue weighted by Gasteiger charge is -2.39. The Bertz CT molecular complexity index is 578. The van der Waals surface area contributed by atoms with Gasteiger partial charge < -0.3 is 10.0 Å². The molecule has 1 amide bonds. The summed E-state index contributed by atoms with van der Waals surface area (Å²) < 4.78 is 13.2. The lowest BCUT2D eigenvalue weighted by atomic mass is 9.77. The third-order valence-corrected chi connectivity index (χ3v) is 4.45. The lowest BCUT2D eigenvalue weighted by molar-refractivity contribution is -0.152. The Balaban J connectivity index is 2.22. The molecule has 1 fully saturated rings. The Kier molecular flexibility index (Phi) is 4.52. The fraction of sp³-hybridized carbons (Fsp3) is 0.467. The topological polar surface area (TPSA) is 57.6 Å². The molecule has 1 unspecified atom stereocenters. The van der Waals surface area contributed by atoms with Crippen LogP contribution in [0.4, 0.5) is 4.39 Å². The van der Waals surface area contributed by atoms with E-state index in [0.29, 0.717) is 25.8 Å². The van der Waals surface area contributed by atoms with E-state index in [1.165, 1.54) is 17.0 Å². The molecular formula is C15H17ClFNO3. The van der Waals surface area contributed by atoms with Gasteiger partial charge in [0.15, 0.2) is 0 Å². The highest BCUT2D eigenvalue weighted by molar-refractivity contribution is 6.31. The number of carbonyl (C=O) groups excluding carboxylic acids is 1. The average Bonchev–Trinajstić information content (AvgIpc) is 2.49. The summed E-state index contributed by atoms with van der Waals surface area (Å²) in [5, 5.41) is 9.32. The highest BCUT2D eigenvalue weighted by Crippen LogP contribution is 2.34. The molecule has 2 rings (SSSR count). The molecule has 1 N–H and O–H groups in total. The molecule has 1 aromatic rings. The van der Waals surface area contributed by atoms with Crippen LogP contribution in [0.3, 0.4) is 0 Å². The van der Waals surface area contributed by atoms with Crippen molar-refractivity contribution in [1.29, 1.82) is 0 Å². The second kappa shape index (κ2) is 6.02. The first-order valence-electron chi connectivity index (χ1n) is 6.87. The molecule has 1 aliphatic heterocycles. The van der Waals surface area contributed by atoms with E-state index in [-0.39, 0.29) is 23.0 Å².